The molecule has 2 heterocycles. The molecule has 0 bridgehead atoms. The molecule has 2 aromatic heterocycles. The molecule has 0 spiro atoms. The van der Waals surface area contributed by atoms with Gasteiger partial charge in [-0.1, -0.05) is 5.21 Å². The van der Waals surface area contributed by atoms with Crippen LogP contribution >= 0.6 is 0 Å². The van der Waals surface area contributed by atoms with Gasteiger partial charge < -0.3 is 10.1 Å². The van der Waals surface area contributed by atoms with Gasteiger partial charge in [-0.2, -0.15) is 13.9 Å². The van der Waals surface area contributed by atoms with Gasteiger partial charge in [-0.3, -0.25) is 9.48 Å². The topological polar surface area (TPSA) is 86.9 Å². The maximum absolute atomic E-state index is 13.9. The molecule has 2 atom stereocenters. The summed E-state index contributed by atoms with van der Waals surface area (Å²) in [7, 11) is 1.72. The largest absolute Gasteiger partial charge is 0.484 e. The molecule has 12 heteroatoms. The Bertz CT molecular complexity index is 1330. The number of nitrogens with zero attached hydrogens (tertiary/aromatic N) is 5. The van der Waals surface area contributed by atoms with Gasteiger partial charge in [0, 0.05) is 31.0 Å². The van der Waals surface area contributed by atoms with Crippen molar-refractivity contribution in [2.45, 2.75) is 31.9 Å². The summed E-state index contributed by atoms with van der Waals surface area (Å²) in [6.45, 7) is 1.86. The Hall–Kier alpha value is -3.96. The number of fused-ring (bicyclic) bond motifs is 1. The SMILES string of the molecule is C[C@H](NC(=O)C(C)(F)F)[C@H](Oc1ccc2c(cnn2-c2cn(C)nn2)c1)c1cc(F)cc(F)c1. The first kappa shape index (κ1) is 23.2. The van der Waals surface area contributed by atoms with Crippen molar-refractivity contribution >= 4 is 16.8 Å². The average molecular weight is 476 g/mol. The Morgan fingerprint density at radius 3 is 2.47 bits per heavy atom. The van der Waals surface area contributed by atoms with Crippen molar-refractivity contribution in [1.29, 1.82) is 0 Å². The number of aromatic nitrogens is 5. The third-order valence-electron chi connectivity index (χ3n) is 5.04. The quantitative estimate of drug-likeness (QED) is 0.411. The van der Waals surface area contributed by atoms with Gasteiger partial charge in [-0.05, 0) is 37.3 Å². The van der Waals surface area contributed by atoms with E-state index in [0.717, 1.165) is 12.1 Å². The van der Waals surface area contributed by atoms with Gasteiger partial charge in [-0.15, -0.1) is 5.10 Å². The Morgan fingerprint density at radius 1 is 1.15 bits per heavy atom. The zero-order valence-corrected chi connectivity index (χ0v) is 18.3. The molecule has 1 amide bonds. The number of ether oxygens (including phenoxy) is 1. The number of aryl methyl sites for hydroxylation is 1. The molecule has 8 nitrogen and oxygen atoms in total. The summed E-state index contributed by atoms with van der Waals surface area (Å²) in [5.41, 5.74) is 0.716. The number of carbonyl (C=O) groups excluding carboxylic acids is 1. The number of amides is 1. The van der Waals surface area contributed by atoms with Crippen LogP contribution in [0.1, 0.15) is 25.5 Å². The molecular formula is C22H20F4N6O2. The minimum atomic E-state index is -3.64. The number of nitrogens with one attached hydrogen (secondary N) is 1. The first-order valence-corrected chi connectivity index (χ1v) is 10.2. The summed E-state index contributed by atoms with van der Waals surface area (Å²) in [4.78, 5) is 11.8. The fourth-order valence-corrected chi connectivity index (χ4v) is 3.45. The van der Waals surface area contributed by atoms with Gasteiger partial charge in [0.25, 0.3) is 5.91 Å². The highest BCUT2D eigenvalue weighted by Gasteiger charge is 2.35. The summed E-state index contributed by atoms with van der Waals surface area (Å²) in [5, 5.41) is 15.0. The minimum absolute atomic E-state index is 0.0278. The van der Waals surface area contributed by atoms with Crippen molar-refractivity contribution in [2.75, 3.05) is 0 Å². The fraction of sp³-hybridized carbons (Fsp3) is 0.273. The molecule has 4 aromatic rings. The van der Waals surface area contributed by atoms with Crippen LogP contribution in [0.25, 0.3) is 16.7 Å². The highest BCUT2D eigenvalue weighted by molar-refractivity contribution is 5.83. The Labute approximate surface area is 191 Å². The van der Waals surface area contributed by atoms with E-state index in [4.69, 9.17) is 4.74 Å². The predicted molar refractivity (Wildman–Crippen MR) is 114 cm³/mol. The van der Waals surface area contributed by atoms with Crippen LogP contribution in [0.5, 0.6) is 5.75 Å². The molecule has 178 valence electrons. The zero-order valence-electron chi connectivity index (χ0n) is 18.3. The zero-order chi connectivity index (χ0) is 24.6. The van der Waals surface area contributed by atoms with E-state index in [-0.39, 0.29) is 11.3 Å². The molecule has 4 rings (SSSR count). The van der Waals surface area contributed by atoms with Gasteiger partial charge in [0.15, 0.2) is 5.82 Å². The maximum atomic E-state index is 13.9. The number of alkyl halides is 2. The summed E-state index contributed by atoms with van der Waals surface area (Å²) >= 11 is 0. The molecule has 34 heavy (non-hydrogen) atoms. The van der Waals surface area contributed by atoms with Gasteiger partial charge >= 0.3 is 5.92 Å². The minimum Gasteiger partial charge on any atom is -0.484 e. The second kappa shape index (κ2) is 8.76. The van der Waals surface area contributed by atoms with E-state index in [2.05, 4.69) is 20.7 Å². The van der Waals surface area contributed by atoms with Gasteiger partial charge in [-0.25, -0.2) is 13.5 Å². The Morgan fingerprint density at radius 2 is 1.85 bits per heavy atom. The van der Waals surface area contributed by atoms with Crippen LogP contribution in [0.2, 0.25) is 0 Å². The third-order valence-corrected chi connectivity index (χ3v) is 5.04. The van der Waals surface area contributed by atoms with Crippen molar-refractivity contribution in [1.82, 2.24) is 30.1 Å². The highest BCUT2D eigenvalue weighted by Crippen LogP contribution is 2.30. The predicted octanol–water partition coefficient (Wildman–Crippen LogP) is 3.71. The number of benzene rings is 2. The first-order chi connectivity index (χ1) is 16.0. The second-order valence-electron chi connectivity index (χ2n) is 7.92. The lowest BCUT2D eigenvalue weighted by Crippen LogP contribution is -2.46. The van der Waals surface area contributed by atoms with Crippen LogP contribution in [0, 0.1) is 11.6 Å². The van der Waals surface area contributed by atoms with Crippen molar-refractivity contribution in [3.8, 4) is 11.6 Å². The van der Waals surface area contributed by atoms with Crippen LogP contribution in [0.15, 0.2) is 48.8 Å². The third kappa shape index (κ3) is 4.85. The average Bonchev–Trinajstić information content (AvgIpc) is 3.35. The molecule has 0 aliphatic heterocycles. The summed E-state index contributed by atoms with van der Waals surface area (Å²) in [6.07, 6.45) is 2.07. The molecule has 1 N–H and O–H groups in total. The summed E-state index contributed by atoms with van der Waals surface area (Å²) in [6, 6.07) is 6.56. The molecule has 0 fully saturated rings. The molecule has 0 unspecified atom stereocenters. The normalized spacial score (nSPS) is 13.6. The molecule has 0 saturated heterocycles. The Kier molecular flexibility index (Phi) is 5.98. The maximum Gasteiger partial charge on any atom is 0.321 e. The molecular weight excluding hydrogens is 456 g/mol. The van der Waals surface area contributed by atoms with Crippen molar-refractivity contribution in [2.24, 2.45) is 7.05 Å². The van der Waals surface area contributed by atoms with Crippen molar-refractivity contribution in [3.63, 3.8) is 0 Å². The van der Waals surface area contributed by atoms with Crippen LogP contribution < -0.4 is 10.1 Å². The van der Waals surface area contributed by atoms with Gasteiger partial charge in [0.1, 0.15) is 23.5 Å². The van der Waals surface area contributed by atoms with E-state index in [0.29, 0.717) is 29.7 Å². The van der Waals surface area contributed by atoms with Crippen LogP contribution in [0.4, 0.5) is 17.6 Å². The number of halogens is 4. The fourth-order valence-electron chi connectivity index (χ4n) is 3.45. The first-order valence-electron chi connectivity index (χ1n) is 10.2. The lowest BCUT2D eigenvalue weighted by molar-refractivity contribution is -0.144. The van der Waals surface area contributed by atoms with E-state index in [1.807, 2.05) is 0 Å². The number of hydrogen-bond acceptors (Lipinski definition) is 5. The van der Waals surface area contributed by atoms with Crippen molar-refractivity contribution < 1.29 is 27.1 Å². The van der Waals surface area contributed by atoms with Crippen LogP contribution in [-0.4, -0.2) is 42.6 Å². The smallest absolute Gasteiger partial charge is 0.321 e. The Balaban J connectivity index is 1.67. The lowest BCUT2D eigenvalue weighted by Gasteiger charge is -2.27. The molecule has 0 saturated carbocycles. The van der Waals surface area contributed by atoms with E-state index in [1.165, 1.54) is 11.6 Å². The van der Waals surface area contributed by atoms with Gasteiger partial charge in [0.05, 0.1) is 24.0 Å². The van der Waals surface area contributed by atoms with Crippen LogP contribution in [0.3, 0.4) is 0 Å². The number of hydrogen-bond donors (Lipinski definition) is 1. The molecule has 0 radical (unpaired) electrons. The van der Waals surface area contributed by atoms with Crippen molar-refractivity contribution in [3.05, 3.63) is 66.0 Å². The molecule has 0 aliphatic rings. The molecule has 0 aliphatic carbocycles. The summed E-state index contributed by atoms with van der Waals surface area (Å²) in [5.74, 6) is -6.15. The number of carbonyl (C=O) groups is 1. The van der Waals surface area contributed by atoms with E-state index in [9.17, 15) is 22.4 Å². The second-order valence-corrected chi connectivity index (χ2v) is 7.92. The van der Waals surface area contributed by atoms with E-state index in [1.54, 1.807) is 42.3 Å². The highest BCUT2D eigenvalue weighted by atomic mass is 19.3. The lowest BCUT2D eigenvalue weighted by atomic mass is 10.0. The standard InChI is InChI=1S/C22H20F4N6O2/c1-12(28-21(33)22(2,25)26)20(13-6-15(23)9-16(24)7-13)34-17-4-5-18-14(8-17)10-27-32(18)19-11-31(3)30-29-19/h4-12,20H,1-3H3,(H,28,33)/t12-,20-/m0/s1. The monoisotopic (exact) mass is 476 g/mol. The van der Waals surface area contributed by atoms with E-state index < -0.39 is 35.6 Å². The number of rotatable bonds is 7. The van der Waals surface area contributed by atoms with Crippen LogP contribution in [-0.2, 0) is 11.8 Å². The van der Waals surface area contributed by atoms with Gasteiger partial charge in [0.2, 0.25) is 0 Å². The van der Waals surface area contributed by atoms with E-state index >= 15 is 0 Å². The molecule has 2 aromatic carbocycles. The summed E-state index contributed by atoms with van der Waals surface area (Å²) < 4.78 is 63.7.